The zero-order valence-electron chi connectivity index (χ0n) is 16.0. The molecule has 0 spiro atoms. The van der Waals surface area contributed by atoms with Crippen molar-refractivity contribution in [2.24, 2.45) is 0 Å². The van der Waals surface area contributed by atoms with Gasteiger partial charge in [-0.3, -0.25) is 14.4 Å². The number of ether oxygens (including phenoxy) is 1. The topological polar surface area (TPSA) is 111 Å². The Morgan fingerprint density at radius 1 is 1.21 bits per heavy atom. The number of nitrogens with one attached hydrogen (secondary N) is 2. The van der Waals surface area contributed by atoms with Gasteiger partial charge in [-0.2, -0.15) is 0 Å². The highest BCUT2D eigenvalue weighted by molar-refractivity contribution is 6.42. The summed E-state index contributed by atoms with van der Waals surface area (Å²) < 4.78 is 10.1. The molecule has 8 nitrogen and oxygen atoms in total. The summed E-state index contributed by atoms with van der Waals surface area (Å²) in [6.07, 6.45) is 0.824. The maximum atomic E-state index is 12.4. The molecule has 1 unspecified atom stereocenters. The lowest BCUT2D eigenvalue weighted by Gasteiger charge is -2.17. The van der Waals surface area contributed by atoms with Crippen molar-refractivity contribution in [2.45, 2.75) is 39.2 Å². The van der Waals surface area contributed by atoms with Gasteiger partial charge in [0.05, 0.1) is 10.0 Å². The van der Waals surface area contributed by atoms with Gasteiger partial charge in [0.1, 0.15) is 12.3 Å². The maximum absolute atomic E-state index is 12.4. The van der Waals surface area contributed by atoms with Crippen molar-refractivity contribution in [2.75, 3.05) is 11.9 Å². The fourth-order valence-corrected chi connectivity index (χ4v) is 2.66. The largest absolute Gasteiger partial charge is 0.451 e. The van der Waals surface area contributed by atoms with Gasteiger partial charge in [-0.1, -0.05) is 41.7 Å². The predicted octanol–water partition coefficient (Wildman–Crippen LogP) is 3.76. The van der Waals surface area contributed by atoms with Crippen LogP contribution in [0, 0.1) is 6.92 Å². The number of hydrogen-bond donors (Lipinski definition) is 2. The standard InChI is InChI=1S/C19H21Cl2N3O5/c1-3-4-5-15(19(27)23-16-8-11(2)29-24-16)28-17(25)10-22-18(26)12-6-7-13(20)14(21)9-12/h6-9,15H,3-5,10H2,1-2H3,(H,22,26)(H,23,24,27). The molecule has 1 aromatic carbocycles. The zero-order valence-corrected chi connectivity index (χ0v) is 17.5. The summed E-state index contributed by atoms with van der Waals surface area (Å²) in [6, 6.07) is 5.90. The Kier molecular flexibility index (Phi) is 8.48. The number of halogens is 2. The average molecular weight is 442 g/mol. The van der Waals surface area contributed by atoms with Crippen LogP contribution in [0.3, 0.4) is 0 Å². The van der Waals surface area contributed by atoms with Gasteiger partial charge in [0, 0.05) is 11.6 Å². The number of carbonyl (C=O) groups excluding carboxylic acids is 3. The van der Waals surface area contributed by atoms with Crippen LogP contribution in [-0.4, -0.2) is 35.6 Å². The molecule has 2 aromatic rings. The lowest BCUT2D eigenvalue weighted by Crippen LogP contribution is -2.37. The number of nitrogens with zero attached hydrogens (tertiary/aromatic N) is 1. The lowest BCUT2D eigenvalue weighted by atomic mass is 10.1. The molecule has 0 aliphatic rings. The molecule has 2 amide bonds. The third-order valence-corrected chi connectivity index (χ3v) is 4.58. The van der Waals surface area contributed by atoms with Gasteiger partial charge in [-0.25, -0.2) is 0 Å². The molecule has 0 saturated heterocycles. The van der Waals surface area contributed by atoms with E-state index in [2.05, 4.69) is 15.8 Å². The molecule has 2 rings (SSSR count). The maximum Gasteiger partial charge on any atom is 0.326 e. The van der Waals surface area contributed by atoms with Gasteiger partial charge in [-0.15, -0.1) is 0 Å². The highest BCUT2D eigenvalue weighted by Gasteiger charge is 2.24. The van der Waals surface area contributed by atoms with Crippen LogP contribution < -0.4 is 10.6 Å². The van der Waals surface area contributed by atoms with Gasteiger partial charge in [0.15, 0.2) is 11.9 Å². The number of unbranched alkanes of at least 4 members (excludes halogenated alkanes) is 1. The van der Waals surface area contributed by atoms with Crippen LogP contribution in [-0.2, 0) is 14.3 Å². The summed E-state index contributed by atoms with van der Waals surface area (Å²) in [6.45, 7) is 3.24. The SMILES string of the molecule is CCCCC(OC(=O)CNC(=O)c1ccc(Cl)c(Cl)c1)C(=O)Nc1cc(C)on1. The van der Waals surface area contributed by atoms with Crippen LogP contribution in [0.1, 0.15) is 42.3 Å². The van der Waals surface area contributed by atoms with Crippen LogP contribution >= 0.6 is 23.2 Å². The third-order valence-electron chi connectivity index (χ3n) is 3.84. The van der Waals surface area contributed by atoms with Crippen LogP contribution in [0.25, 0.3) is 0 Å². The number of rotatable bonds is 9. The minimum absolute atomic E-state index is 0.223. The molecule has 156 valence electrons. The number of amides is 2. The van der Waals surface area contributed by atoms with E-state index in [1.54, 1.807) is 13.0 Å². The molecule has 2 N–H and O–H groups in total. The highest BCUT2D eigenvalue weighted by atomic mass is 35.5. The fourth-order valence-electron chi connectivity index (χ4n) is 2.36. The van der Waals surface area contributed by atoms with E-state index < -0.39 is 30.4 Å². The Labute approximate surface area is 177 Å². The van der Waals surface area contributed by atoms with E-state index in [9.17, 15) is 14.4 Å². The van der Waals surface area contributed by atoms with E-state index in [0.717, 1.165) is 6.42 Å². The van der Waals surface area contributed by atoms with E-state index in [0.29, 0.717) is 23.6 Å². The molecular formula is C19H21Cl2N3O5. The van der Waals surface area contributed by atoms with E-state index >= 15 is 0 Å². The van der Waals surface area contributed by atoms with Gasteiger partial charge in [-0.05, 0) is 38.0 Å². The van der Waals surface area contributed by atoms with E-state index in [4.69, 9.17) is 32.5 Å². The second-order valence-electron chi connectivity index (χ2n) is 6.24. The molecule has 10 heteroatoms. The minimum Gasteiger partial charge on any atom is -0.451 e. The molecule has 0 fully saturated rings. The number of aromatic nitrogens is 1. The first-order valence-corrected chi connectivity index (χ1v) is 9.72. The van der Waals surface area contributed by atoms with Crippen LogP contribution in [0.2, 0.25) is 10.0 Å². The Morgan fingerprint density at radius 2 is 1.97 bits per heavy atom. The third kappa shape index (κ3) is 7.07. The van der Waals surface area contributed by atoms with E-state index in [-0.39, 0.29) is 16.4 Å². The Bertz CT molecular complexity index is 884. The first kappa shape index (κ1) is 22.7. The summed E-state index contributed by atoms with van der Waals surface area (Å²) in [5.74, 6) is -1.01. The number of carbonyl (C=O) groups is 3. The molecular weight excluding hydrogens is 421 g/mol. The van der Waals surface area contributed by atoms with E-state index in [1.807, 2.05) is 6.92 Å². The number of anilines is 1. The summed E-state index contributed by atoms with van der Waals surface area (Å²) >= 11 is 11.7. The number of aryl methyl sites for hydroxylation is 1. The van der Waals surface area contributed by atoms with Crippen LogP contribution in [0.5, 0.6) is 0 Å². The van der Waals surface area contributed by atoms with Crippen molar-refractivity contribution in [1.29, 1.82) is 0 Å². The molecule has 29 heavy (non-hydrogen) atoms. The minimum atomic E-state index is -1.01. The van der Waals surface area contributed by atoms with Gasteiger partial charge in [0.25, 0.3) is 11.8 Å². The summed E-state index contributed by atoms with van der Waals surface area (Å²) in [5.41, 5.74) is 0.244. The van der Waals surface area contributed by atoms with Crippen molar-refractivity contribution < 1.29 is 23.6 Å². The monoisotopic (exact) mass is 441 g/mol. The summed E-state index contributed by atoms with van der Waals surface area (Å²) in [4.78, 5) is 36.7. The van der Waals surface area contributed by atoms with Crippen molar-refractivity contribution in [1.82, 2.24) is 10.5 Å². The predicted molar refractivity (Wildman–Crippen MR) is 108 cm³/mol. The summed E-state index contributed by atoms with van der Waals surface area (Å²) in [7, 11) is 0. The normalized spacial score (nSPS) is 11.6. The van der Waals surface area contributed by atoms with Crippen molar-refractivity contribution >= 4 is 46.8 Å². The lowest BCUT2D eigenvalue weighted by molar-refractivity contribution is -0.153. The van der Waals surface area contributed by atoms with Gasteiger partial charge >= 0.3 is 5.97 Å². The van der Waals surface area contributed by atoms with Crippen molar-refractivity contribution in [3.63, 3.8) is 0 Å². The first-order valence-electron chi connectivity index (χ1n) is 8.97. The van der Waals surface area contributed by atoms with Gasteiger partial charge in [0.2, 0.25) is 0 Å². The summed E-state index contributed by atoms with van der Waals surface area (Å²) in [5, 5.41) is 9.19. The van der Waals surface area contributed by atoms with Crippen molar-refractivity contribution in [3.8, 4) is 0 Å². The first-order chi connectivity index (χ1) is 13.8. The Hall–Kier alpha value is -2.58. The molecule has 1 atom stereocenters. The average Bonchev–Trinajstić information content (AvgIpc) is 3.09. The quantitative estimate of drug-likeness (QED) is 0.573. The van der Waals surface area contributed by atoms with Gasteiger partial charge < -0.3 is 19.9 Å². The number of hydrogen-bond acceptors (Lipinski definition) is 6. The Balaban J connectivity index is 1.91. The molecule has 1 aromatic heterocycles. The number of benzene rings is 1. The zero-order chi connectivity index (χ0) is 21.4. The fraction of sp³-hybridized carbons (Fsp3) is 0.368. The smallest absolute Gasteiger partial charge is 0.326 e. The molecule has 0 aliphatic carbocycles. The number of esters is 1. The molecule has 0 aliphatic heterocycles. The second kappa shape index (κ2) is 10.8. The van der Waals surface area contributed by atoms with E-state index in [1.165, 1.54) is 18.2 Å². The van der Waals surface area contributed by atoms with Crippen LogP contribution in [0.4, 0.5) is 5.82 Å². The molecule has 1 heterocycles. The van der Waals surface area contributed by atoms with Crippen molar-refractivity contribution in [3.05, 3.63) is 45.6 Å². The molecule has 0 bridgehead atoms. The second-order valence-corrected chi connectivity index (χ2v) is 7.06. The molecule has 0 radical (unpaired) electrons. The molecule has 0 saturated carbocycles. The highest BCUT2D eigenvalue weighted by Crippen LogP contribution is 2.22. The Morgan fingerprint density at radius 3 is 2.59 bits per heavy atom. The van der Waals surface area contributed by atoms with Crippen LogP contribution in [0.15, 0.2) is 28.8 Å².